The van der Waals surface area contributed by atoms with Crippen molar-refractivity contribution >= 4 is 5.78 Å². The first-order valence-corrected chi connectivity index (χ1v) is 9.17. The second kappa shape index (κ2) is 8.09. The number of pyridine rings is 1. The number of carbonyl (C=O) groups excluding carboxylic acids is 1. The van der Waals surface area contributed by atoms with Crippen LogP contribution in [0.1, 0.15) is 53.4 Å². The van der Waals surface area contributed by atoms with Gasteiger partial charge in [0.15, 0.2) is 5.78 Å². The van der Waals surface area contributed by atoms with Crippen LogP contribution in [0.4, 0.5) is 0 Å². The van der Waals surface area contributed by atoms with Crippen molar-refractivity contribution in [1.29, 1.82) is 0 Å². The van der Waals surface area contributed by atoms with Gasteiger partial charge in [0.25, 0.3) is 0 Å². The monoisotopic (exact) mass is 343 g/mol. The molecule has 2 nitrogen and oxygen atoms in total. The molecule has 0 N–H and O–H groups in total. The highest BCUT2D eigenvalue weighted by Crippen LogP contribution is 2.31. The highest BCUT2D eigenvalue weighted by molar-refractivity contribution is 5.96. The number of rotatable bonds is 6. The molecule has 26 heavy (non-hydrogen) atoms. The van der Waals surface area contributed by atoms with Crippen LogP contribution in [0.2, 0.25) is 0 Å². The number of aromatic nitrogens is 1. The maximum Gasteiger partial charge on any atom is 0.160 e. The first-order chi connectivity index (χ1) is 12.6. The quantitative estimate of drug-likeness (QED) is 0.514. The van der Waals surface area contributed by atoms with Gasteiger partial charge in [0.05, 0.1) is 0 Å². The molecular formula is C24H25NO. The first kappa shape index (κ1) is 18.1. The molecule has 0 radical (unpaired) electrons. The minimum absolute atomic E-state index is 0.126. The van der Waals surface area contributed by atoms with E-state index in [4.69, 9.17) is 0 Å². The lowest BCUT2D eigenvalue weighted by Gasteiger charge is -2.17. The Balaban J connectivity index is 1.91. The third-order valence-corrected chi connectivity index (χ3v) is 4.98. The molecule has 1 heterocycles. The van der Waals surface area contributed by atoms with Crippen LogP contribution < -0.4 is 0 Å². The Kier molecular flexibility index (Phi) is 5.62. The van der Waals surface area contributed by atoms with Gasteiger partial charge in [0, 0.05) is 17.5 Å². The van der Waals surface area contributed by atoms with Gasteiger partial charge in [0.2, 0.25) is 0 Å². The number of hydrogen-bond donors (Lipinski definition) is 0. The highest BCUT2D eigenvalue weighted by Gasteiger charge is 2.16. The third kappa shape index (κ3) is 4.08. The van der Waals surface area contributed by atoms with Crippen molar-refractivity contribution < 1.29 is 4.79 Å². The topological polar surface area (TPSA) is 30.0 Å². The van der Waals surface area contributed by atoms with Gasteiger partial charge in [0.1, 0.15) is 0 Å². The first-order valence-electron chi connectivity index (χ1n) is 9.17. The van der Waals surface area contributed by atoms with E-state index in [0.717, 1.165) is 29.7 Å². The molecular weight excluding hydrogens is 318 g/mol. The van der Waals surface area contributed by atoms with E-state index in [0.29, 0.717) is 5.92 Å². The van der Waals surface area contributed by atoms with Crippen molar-refractivity contribution in [3.05, 3.63) is 89.2 Å². The second-order valence-electron chi connectivity index (χ2n) is 6.93. The van der Waals surface area contributed by atoms with Gasteiger partial charge in [-0.1, -0.05) is 55.5 Å². The Morgan fingerprint density at radius 3 is 2.50 bits per heavy atom. The zero-order chi connectivity index (χ0) is 18.5. The molecule has 3 rings (SSSR count). The van der Waals surface area contributed by atoms with Crippen LogP contribution in [-0.2, 0) is 6.42 Å². The van der Waals surface area contributed by atoms with E-state index in [1.165, 1.54) is 16.7 Å². The third-order valence-electron chi connectivity index (χ3n) is 4.98. The van der Waals surface area contributed by atoms with Crippen LogP contribution >= 0.6 is 0 Å². The normalized spacial score (nSPS) is 12.0. The predicted molar refractivity (Wildman–Crippen MR) is 108 cm³/mol. The fourth-order valence-corrected chi connectivity index (χ4v) is 3.42. The molecule has 1 aromatic heterocycles. The summed E-state index contributed by atoms with van der Waals surface area (Å²) in [7, 11) is 0. The van der Waals surface area contributed by atoms with Crippen LogP contribution in [0.3, 0.4) is 0 Å². The largest absolute Gasteiger partial charge is 0.295 e. The van der Waals surface area contributed by atoms with Gasteiger partial charge in [-0.2, -0.15) is 0 Å². The van der Waals surface area contributed by atoms with E-state index in [9.17, 15) is 4.79 Å². The zero-order valence-corrected chi connectivity index (χ0v) is 15.7. The van der Waals surface area contributed by atoms with Crippen LogP contribution in [0.15, 0.2) is 66.9 Å². The van der Waals surface area contributed by atoms with Crippen molar-refractivity contribution in [1.82, 2.24) is 4.98 Å². The molecule has 0 aliphatic carbocycles. The van der Waals surface area contributed by atoms with Crippen LogP contribution in [-0.4, -0.2) is 10.8 Å². The smallest absolute Gasteiger partial charge is 0.160 e. The van der Waals surface area contributed by atoms with Crippen LogP contribution in [0.25, 0.3) is 11.1 Å². The van der Waals surface area contributed by atoms with Crippen LogP contribution in [0.5, 0.6) is 0 Å². The molecule has 2 aromatic carbocycles. The lowest BCUT2D eigenvalue weighted by atomic mass is 9.87. The molecule has 0 bridgehead atoms. The number of aryl methyl sites for hydroxylation is 2. The molecule has 0 spiro atoms. The average molecular weight is 343 g/mol. The Labute approximate surface area is 155 Å². The molecule has 132 valence electrons. The number of ketones is 1. The zero-order valence-electron chi connectivity index (χ0n) is 15.7. The summed E-state index contributed by atoms with van der Waals surface area (Å²) in [6.07, 6.45) is 3.71. The molecule has 0 amide bonds. The Morgan fingerprint density at radius 2 is 1.81 bits per heavy atom. The maximum atomic E-state index is 12.1. The van der Waals surface area contributed by atoms with Gasteiger partial charge in [-0.15, -0.1) is 0 Å². The Hall–Kier alpha value is -2.74. The summed E-state index contributed by atoms with van der Waals surface area (Å²) in [6, 6.07) is 20.6. The van der Waals surface area contributed by atoms with E-state index < -0.39 is 0 Å². The minimum atomic E-state index is 0.126. The molecule has 0 saturated carbocycles. The van der Waals surface area contributed by atoms with E-state index in [1.807, 2.05) is 24.4 Å². The van der Waals surface area contributed by atoms with Crippen LogP contribution in [0, 0.1) is 6.92 Å². The summed E-state index contributed by atoms with van der Waals surface area (Å²) in [6.45, 7) is 5.97. The van der Waals surface area contributed by atoms with Crippen molar-refractivity contribution in [3.8, 4) is 11.1 Å². The van der Waals surface area contributed by atoms with E-state index in [1.54, 1.807) is 6.92 Å². The number of Topliss-reactive ketones (excluding diaryl/α,β-unsaturated/α-hetero) is 1. The number of carbonyl (C=O) groups is 1. The summed E-state index contributed by atoms with van der Waals surface area (Å²) < 4.78 is 0. The Morgan fingerprint density at radius 1 is 1.04 bits per heavy atom. The summed E-state index contributed by atoms with van der Waals surface area (Å²) in [4.78, 5) is 16.6. The molecule has 1 atom stereocenters. The van der Waals surface area contributed by atoms with Gasteiger partial charge >= 0.3 is 0 Å². The predicted octanol–water partition coefficient (Wildman–Crippen LogP) is 6.00. The lowest BCUT2D eigenvalue weighted by molar-refractivity contribution is 0.101. The second-order valence-corrected chi connectivity index (χ2v) is 6.93. The van der Waals surface area contributed by atoms with E-state index in [2.05, 4.69) is 61.3 Å². The molecule has 0 aliphatic rings. The van der Waals surface area contributed by atoms with Crippen molar-refractivity contribution in [2.45, 2.75) is 39.5 Å². The minimum Gasteiger partial charge on any atom is -0.295 e. The number of hydrogen-bond acceptors (Lipinski definition) is 2. The summed E-state index contributed by atoms with van der Waals surface area (Å²) in [5, 5.41) is 0. The SMILES string of the molecule is CC(=O)c1ccc(-c2ccccc2C)cc1C(C)CCc1ccccn1. The maximum absolute atomic E-state index is 12.1. The molecule has 0 fully saturated rings. The molecule has 0 aliphatic heterocycles. The van der Waals surface area contributed by atoms with Gasteiger partial charge in [-0.3, -0.25) is 9.78 Å². The molecule has 0 saturated heterocycles. The molecule has 3 aromatic rings. The summed E-state index contributed by atoms with van der Waals surface area (Å²) in [5.41, 5.74) is 6.70. The van der Waals surface area contributed by atoms with E-state index in [-0.39, 0.29) is 5.78 Å². The number of benzene rings is 2. The van der Waals surface area contributed by atoms with Crippen molar-refractivity contribution in [3.63, 3.8) is 0 Å². The van der Waals surface area contributed by atoms with Gasteiger partial charge in [-0.25, -0.2) is 0 Å². The fraction of sp³-hybridized carbons (Fsp3) is 0.250. The molecule has 1 unspecified atom stereocenters. The summed E-state index contributed by atoms with van der Waals surface area (Å²) >= 11 is 0. The average Bonchev–Trinajstić information content (AvgIpc) is 2.66. The van der Waals surface area contributed by atoms with E-state index >= 15 is 0 Å². The van der Waals surface area contributed by atoms with Gasteiger partial charge < -0.3 is 0 Å². The fourth-order valence-electron chi connectivity index (χ4n) is 3.42. The van der Waals surface area contributed by atoms with Crippen molar-refractivity contribution in [2.24, 2.45) is 0 Å². The molecule has 2 heteroatoms. The standard InChI is InChI=1S/C24H25NO/c1-17-8-4-5-10-22(17)20-12-14-23(19(3)26)24(16-20)18(2)11-13-21-9-6-7-15-25-21/h4-10,12,14-16,18H,11,13H2,1-3H3. The summed E-state index contributed by atoms with van der Waals surface area (Å²) in [5.74, 6) is 0.417. The Bertz CT molecular complexity index is 899. The van der Waals surface area contributed by atoms with Gasteiger partial charge in [-0.05, 0) is 67.0 Å². The van der Waals surface area contributed by atoms with Crippen molar-refractivity contribution in [2.75, 3.05) is 0 Å². The number of nitrogens with zero attached hydrogens (tertiary/aromatic N) is 1. The highest BCUT2D eigenvalue weighted by atomic mass is 16.1. The lowest BCUT2D eigenvalue weighted by Crippen LogP contribution is -2.05.